The third kappa shape index (κ3) is 6.80. The number of aldehydes is 1. The van der Waals surface area contributed by atoms with Crippen LogP contribution in [0.4, 0.5) is 0 Å². The number of carbonyl (C=O) groups excluding carboxylic acids is 1. The molecule has 7 N–H and O–H groups in total. The second-order valence-corrected chi connectivity index (χ2v) is 7.91. The molecule has 4 unspecified atom stereocenters. The standard InChI is InChI=1S/C15H28O10.C6H6O3/c1-3-22-14-12(21)10(19)13(8(5-17)24-14)25-15-11(20)9(18)6(2)7(4-16)23-15;7-3-5-1-2-6(4-8)9-5/h6-21H,3-5H2,1-2H3;1-3,8H,4H2/t6-,7?,8+,9+,10?,11+,12?,13-,14-,15?;/m1./s1. The van der Waals surface area contributed by atoms with Gasteiger partial charge in [0.15, 0.2) is 24.6 Å². The zero-order valence-corrected chi connectivity index (χ0v) is 18.9. The summed E-state index contributed by atoms with van der Waals surface area (Å²) in [7, 11) is 0. The predicted molar refractivity (Wildman–Crippen MR) is 111 cm³/mol. The average Bonchev–Trinajstić information content (AvgIpc) is 3.32. The summed E-state index contributed by atoms with van der Waals surface area (Å²) in [4.78, 5) is 9.96. The predicted octanol–water partition coefficient (Wildman–Crippen LogP) is -2.49. The maximum atomic E-state index is 10.3. The van der Waals surface area contributed by atoms with Gasteiger partial charge in [-0.2, -0.15) is 0 Å². The molecule has 3 heterocycles. The van der Waals surface area contributed by atoms with Crippen LogP contribution in [0, 0.1) is 5.92 Å². The average molecular weight is 494 g/mol. The van der Waals surface area contributed by atoms with E-state index >= 15 is 0 Å². The topological polar surface area (TPSA) is 209 Å². The minimum Gasteiger partial charge on any atom is -0.456 e. The highest BCUT2D eigenvalue weighted by Crippen LogP contribution is 2.31. The summed E-state index contributed by atoms with van der Waals surface area (Å²) in [6.07, 6.45) is -10.6. The molecule has 0 radical (unpaired) electrons. The Balaban J connectivity index is 0.000000379. The number of hydrogen-bond donors (Lipinski definition) is 7. The molecule has 0 aromatic carbocycles. The highest BCUT2D eigenvalue weighted by Gasteiger charge is 2.50. The van der Waals surface area contributed by atoms with Crippen LogP contribution in [0.15, 0.2) is 16.5 Å². The summed E-state index contributed by atoms with van der Waals surface area (Å²) in [5.41, 5.74) is 0. The van der Waals surface area contributed by atoms with E-state index in [4.69, 9.17) is 28.5 Å². The zero-order valence-electron chi connectivity index (χ0n) is 18.9. The summed E-state index contributed by atoms with van der Waals surface area (Å²) in [6.45, 7) is 2.42. The van der Waals surface area contributed by atoms with Crippen molar-refractivity contribution in [1.29, 1.82) is 0 Å². The van der Waals surface area contributed by atoms with Crippen molar-refractivity contribution in [2.45, 2.75) is 75.8 Å². The molecule has 2 fully saturated rings. The Kier molecular flexibility index (Phi) is 11.5. The Bertz CT molecular complexity index is 723. The van der Waals surface area contributed by atoms with Gasteiger partial charge in [0.1, 0.15) is 42.9 Å². The Morgan fingerprint density at radius 3 is 2.03 bits per heavy atom. The van der Waals surface area contributed by atoms with Crippen LogP contribution in [0.1, 0.15) is 30.2 Å². The van der Waals surface area contributed by atoms with Crippen molar-refractivity contribution in [3.63, 3.8) is 0 Å². The maximum absolute atomic E-state index is 10.3. The first-order valence-corrected chi connectivity index (χ1v) is 10.9. The fourth-order valence-electron chi connectivity index (χ4n) is 3.61. The number of carbonyl (C=O) groups is 1. The second kappa shape index (κ2) is 13.6. The minimum absolute atomic E-state index is 0.159. The van der Waals surface area contributed by atoms with E-state index in [0.29, 0.717) is 12.0 Å². The molecule has 1 aromatic rings. The molecule has 2 saturated heterocycles. The van der Waals surface area contributed by atoms with Crippen molar-refractivity contribution in [3.05, 3.63) is 23.7 Å². The zero-order chi connectivity index (χ0) is 25.4. The molecule has 0 amide bonds. The van der Waals surface area contributed by atoms with E-state index in [9.17, 15) is 35.4 Å². The van der Waals surface area contributed by atoms with Gasteiger partial charge in [0, 0.05) is 12.5 Å². The van der Waals surface area contributed by atoms with Crippen LogP contribution >= 0.6 is 0 Å². The molecule has 13 heteroatoms. The van der Waals surface area contributed by atoms with Crippen molar-refractivity contribution >= 4 is 6.29 Å². The Morgan fingerprint density at radius 1 is 0.912 bits per heavy atom. The molecule has 13 nitrogen and oxygen atoms in total. The SMILES string of the molecule is CCO[C@@H]1O[C@@H](CO)[C@@H](OC2OC(CO)[C@@H](C)[C@H](O)[C@@H]2O)C(O)C1O.O=Cc1ccc(CO)o1. The molecule has 2 aliphatic heterocycles. The minimum atomic E-state index is -1.48. The summed E-state index contributed by atoms with van der Waals surface area (Å²) in [6, 6.07) is 3.07. The monoisotopic (exact) mass is 494 g/mol. The molecule has 34 heavy (non-hydrogen) atoms. The third-order valence-corrected chi connectivity index (χ3v) is 5.64. The lowest BCUT2D eigenvalue weighted by Crippen LogP contribution is -2.63. The summed E-state index contributed by atoms with van der Waals surface area (Å²) < 4.78 is 26.3. The fourth-order valence-corrected chi connectivity index (χ4v) is 3.61. The summed E-state index contributed by atoms with van der Waals surface area (Å²) >= 11 is 0. The molecular formula is C21H34O13. The molecule has 196 valence electrons. The molecule has 1 aromatic heterocycles. The fraction of sp³-hybridized carbons (Fsp3) is 0.762. The van der Waals surface area contributed by atoms with E-state index in [1.54, 1.807) is 19.9 Å². The number of ether oxygens (including phenoxy) is 4. The highest BCUT2D eigenvalue weighted by molar-refractivity contribution is 5.70. The largest absolute Gasteiger partial charge is 0.456 e. The van der Waals surface area contributed by atoms with Crippen LogP contribution in [-0.2, 0) is 25.6 Å². The number of aliphatic hydroxyl groups is 7. The van der Waals surface area contributed by atoms with E-state index in [1.165, 1.54) is 6.07 Å². The van der Waals surface area contributed by atoms with Gasteiger partial charge < -0.3 is 59.1 Å². The van der Waals surface area contributed by atoms with Crippen LogP contribution < -0.4 is 0 Å². The first-order chi connectivity index (χ1) is 16.2. The Hall–Kier alpha value is -1.49. The first-order valence-electron chi connectivity index (χ1n) is 10.9. The first kappa shape index (κ1) is 28.7. The van der Waals surface area contributed by atoms with Crippen molar-refractivity contribution < 1.29 is 63.9 Å². The van der Waals surface area contributed by atoms with E-state index in [0.717, 1.165) is 0 Å². The number of hydrogen-bond acceptors (Lipinski definition) is 13. The highest BCUT2D eigenvalue weighted by atomic mass is 16.7. The van der Waals surface area contributed by atoms with Crippen molar-refractivity contribution in [1.82, 2.24) is 0 Å². The number of furan rings is 1. The van der Waals surface area contributed by atoms with E-state index in [-0.39, 0.29) is 19.0 Å². The second-order valence-electron chi connectivity index (χ2n) is 7.91. The molecule has 2 aliphatic rings. The molecule has 10 atom stereocenters. The number of rotatable bonds is 8. The molecule has 3 rings (SSSR count). The van der Waals surface area contributed by atoms with Crippen molar-refractivity contribution in [2.24, 2.45) is 5.92 Å². The van der Waals surface area contributed by atoms with Gasteiger partial charge in [-0.05, 0) is 19.1 Å². The summed E-state index contributed by atoms with van der Waals surface area (Å²) in [5, 5.41) is 67.9. The van der Waals surface area contributed by atoms with Gasteiger partial charge in [0.2, 0.25) is 0 Å². The molecule has 0 spiro atoms. The van der Waals surface area contributed by atoms with Gasteiger partial charge in [0.25, 0.3) is 0 Å². The van der Waals surface area contributed by atoms with E-state index < -0.39 is 74.4 Å². The molecule has 0 saturated carbocycles. The normalized spacial score (nSPS) is 38.1. The van der Waals surface area contributed by atoms with Gasteiger partial charge in [-0.3, -0.25) is 4.79 Å². The van der Waals surface area contributed by atoms with E-state index in [2.05, 4.69) is 0 Å². The molecule has 0 aliphatic carbocycles. The van der Waals surface area contributed by atoms with Gasteiger partial charge in [-0.25, -0.2) is 0 Å². The lowest BCUT2D eigenvalue weighted by Gasteiger charge is -2.46. The lowest BCUT2D eigenvalue weighted by molar-refractivity contribution is -0.355. The van der Waals surface area contributed by atoms with Gasteiger partial charge in [0.05, 0.1) is 25.4 Å². The van der Waals surface area contributed by atoms with Gasteiger partial charge in [-0.1, -0.05) is 6.92 Å². The maximum Gasteiger partial charge on any atom is 0.187 e. The lowest BCUT2D eigenvalue weighted by atomic mass is 9.91. The Morgan fingerprint density at radius 2 is 1.53 bits per heavy atom. The number of aliphatic hydroxyl groups excluding tert-OH is 7. The summed E-state index contributed by atoms with van der Waals surface area (Å²) in [5.74, 6) is 0.130. The molecular weight excluding hydrogens is 460 g/mol. The smallest absolute Gasteiger partial charge is 0.187 e. The van der Waals surface area contributed by atoms with Gasteiger partial charge in [-0.15, -0.1) is 0 Å². The van der Waals surface area contributed by atoms with Crippen LogP contribution in [0.25, 0.3) is 0 Å². The van der Waals surface area contributed by atoms with Crippen LogP contribution in [-0.4, -0.2) is 117 Å². The van der Waals surface area contributed by atoms with Crippen LogP contribution in [0.2, 0.25) is 0 Å². The van der Waals surface area contributed by atoms with Crippen LogP contribution in [0.3, 0.4) is 0 Å². The Labute approximate surface area is 196 Å². The van der Waals surface area contributed by atoms with Gasteiger partial charge >= 0.3 is 0 Å². The molecule has 0 bridgehead atoms. The van der Waals surface area contributed by atoms with Crippen molar-refractivity contribution in [3.8, 4) is 0 Å². The van der Waals surface area contributed by atoms with Crippen molar-refractivity contribution in [2.75, 3.05) is 19.8 Å². The quantitative estimate of drug-likeness (QED) is 0.187. The van der Waals surface area contributed by atoms with E-state index in [1.807, 2.05) is 0 Å². The van der Waals surface area contributed by atoms with Crippen LogP contribution in [0.5, 0.6) is 0 Å². The third-order valence-electron chi connectivity index (χ3n) is 5.64.